The second kappa shape index (κ2) is 4.38. The second-order valence-corrected chi connectivity index (χ2v) is 3.16. The highest BCUT2D eigenvalue weighted by Gasteiger charge is 2.28. The second-order valence-electron chi connectivity index (χ2n) is 3.16. The molecule has 0 unspecified atom stereocenters. The molecule has 1 aromatic rings. The van der Waals surface area contributed by atoms with Crippen molar-refractivity contribution in [2.75, 3.05) is 6.54 Å². The predicted molar refractivity (Wildman–Crippen MR) is 49.2 cm³/mol. The average molecular weight is 234 g/mol. The van der Waals surface area contributed by atoms with E-state index in [0.29, 0.717) is 0 Å². The van der Waals surface area contributed by atoms with Crippen molar-refractivity contribution in [3.63, 3.8) is 0 Å². The van der Waals surface area contributed by atoms with Gasteiger partial charge in [-0.2, -0.15) is 13.2 Å². The number of H-pyrrole nitrogens is 1. The van der Waals surface area contributed by atoms with E-state index in [9.17, 15) is 22.8 Å². The Kier molecular flexibility index (Phi) is 3.36. The topological polar surface area (TPSA) is 62.0 Å². The van der Waals surface area contributed by atoms with Crippen molar-refractivity contribution in [2.24, 2.45) is 0 Å². The normalized spacial score (nSPS) is 11.2. The summed E-state index contributed by atoms with van der Waals surface area (Å²) >= 11 is 0. The highest BCUT2D eigenvalue weighted by atomic mass is 19.4. The molecule has 2 N–H and O–H groups in total. The molecule has 88 valence electrons. The van der Waals surface area contributed by atoms with Crippen LogP contribution in [0.15, 0.2) is 12.3 Å². The standard InChI is InChI=1S/C9H9F3N2O2/c1-5(15)6-2-7(13-3-6)8(16)14-4-9(10,11)12/h2-3,13H,4H2,1H3,(H,14,16). The van der Waals surface area contributed by atoms with Crippen molar-refractivity contribution in [1.29, 1.82) is 0 Å². The van der Waals surface area contributed by atoms with Crippen LogP contribution in [-0.4, -0.2) is 29.4 Å². The maximum atomic E-state index is 11.8. The Morgan fingerprint density at radius 2 is 2.06 bits per heavy atom. The number of hydrogen-bond acceptors (Lipinski definition) is 2. The Morgan fingerprint density at radius 1 is 1.44 bits per heavy atom. The lowest BCUT2D eigenvalue weighted by atomic mass is 10.2. The summed E-state index contributed by atoms with van der Waals surface area (Å²) in [5.74, 6) is -1.17. The summed E-state index contributed by atoms with van der Waals surface area (Å²) in [7, 11) is 0. The predicted octanol–water partition coefficient (Wildman–Crippen LogP) is 1.51. The smallest absolute Gasteiger partial charge is 0.356 e. The van der Waals surface area contributed by atoms with Gasteiger partial charge < -0.3 is 10.3 Å². The molecular weight excluding hydrogens is 225 g/mol. The first-order valence-electron chi connectivity index (χ1n) is 4.34. The van der Waals surface area contributed by atoms with E-state index in [1.165, 1.54) is 19.2 Å². The van der Waals surface area contributed by atoms with Crippen LogP contribution >= 0.6 is 0 Å². The van der Waals surface area contributed by atoms with Gasteiger partial charge in [-0.3, -0.25) is 9.59 Å². The number of nitrogens with one attached hydrogen (secondary N) is 2. The molecule has 7 heteroatoms. The first kappa shape index (κ1) is 12.3. The van der Waals surface area contributed by atoms with Crippen LogP contribution < -0.4 is 5.32 Å². The maximum absolute atomic E-state index is 11.8. The fourth-order valence-electron chi connectivity index (χ4n) is 1.00. The molecule has 1 aromatic heterocycles. The van der Waals surface area contributed by atoms with Crippen LogP contribution in [0.2, 0.25) is 0 Å². The number of hydrogen-bond donors (Lipinski definition) is 2. The number of aromatic amines is 1. The number of carbonyl (C=O) groups is 2. The zero-order chi connectivity index (χ0) is 12.3. The lowest BCUT2D eigenvalue weighted by Gasteiger charge is -2.06. The van der Waals surface area contributed by atoms with E-state index in [2.05, 4.69) is 4.98 Å². The van der Waals surface area contributed by atoms with Gasteiger partial charge >= 0.3 is 6.18 Å². The number of halogens is 3. The Bertz CT molecular complexity index is 409. The van der Waals surface area contributed by atoms with Crippen LogP contribution in [0.25, 0.3) is 0 Å². The summed E-state index contributed by atoms with van der Waals surface area (Å²) in [6.07, 6.45) is -3.18. The largest absolute Gasteiger partial charge is 0.405 e. The molecule has 0 spiro atoms. The Morgan fingerprint density at radius 3 is 2.50 bits per heavy atom. The van der Waals surface area contributed by atoms with E-state index in [1.807, 2.05) is 0 Å². The molecule has 1 rings (SSSR count). The summed E-state index contributed by atoms with van der Waals surface area (Å²) in [6.45, 7) is -0.110. The lowest BCUT2D eigenvalue weighted by molar-refractivity contribution is -0.123. The molecule has 0 aliphatic rings. The van der Waals surface area contributed by atoms with Gasteiger partial charge in [-0.05, 0) is 13.0 Å². The van der Waals surface area contributed by atoms with Crippen molar-refractivity contribution >= 4 is 11.7 Å². The SMILES string of the molecule is CC(=O)c1c[nH]c(C(=O)NCC(F)(F)F)c1. The van der Waals surface area contributed by atoms with Crippen LogP contribution in [0.4, 0.5) is 13.2 Å². The number of aromatic nitrogens is 1. The van der Waals surface area contributed by atoms with Gasteiger partial charge in [0.25, 0.3) is 5.91 Å². The fraction of sp³-hybridized carbons (Fsp3) is 0.333. The highest BCUT2D eigenvalue weighted by Crippen LogP contribution is 2.12. The minimum Gasteiger partial charge on any atom is -0.356 e. The monoisotopic (exact) mass is 234 g/mol. The summed E-state index contributed by atoms with van der Waals surface area (Å²) in [5.41, 5.74) is 0.173. The highest BCUT2D eigenvalue weighted by molar-refractivity contribution is 5.99. The lowest BCUT2D eigenvalue weighted by Crippen LogP contribution is -2.33. The minimum atomic E-state index is -4.45. The number of ketones is 1. The van der Waals surface area contributed by atoms with Crippen LogP contribution in [0.3, 0.4) is 0 Å². The molecule has 0 atom stereocenters. The molecule has 16 heavy (non-hydrogen) atoms. The van der Waals surface area contributed by atoms with Gasteiger partial charge in [-0.25, -0.2) is 0 Å². The Hall–Kier alpha value is -1.79. The van der Waals surface area contributed by atoms with Crippen molar-refractivity contribution < 1.29 is 22.8 Å². The number of Topliss-reactive ketones (excluding diaryl/α,β-unsaturated/α-hetero) is 1. The molecule has 0 radical (unpaired) electrons. The number of alkyl halides is 3. The van der Waals surface area contributed by atoms with Crippen molar-refractivity contribution in [1.82, 2.24) is 10.3 Å². The minimum absolute atomic E-state index is 0.0746. The van der Waals surface area contributed by atoms with Crippen LogP contribution in [-0.2, 0) is 0 Å². The average Bonchev–Trinajstić information content (AvgIpc) is 2.61. The number of amides is 1. The number of carbonyl (C=O) groups excluding carboxylic acids is 2. The molecular formula is C9H9F3N2O2. The van der Waals surface area contributed by atoms with Crippen molar-refractivity contribution in [3.8, 4) is 0 Å². The molecule has 1 amide bonds. The molecule has 0 aromatic carbocycles. The van der Waals surface area contributed by atoms with E-state index >= 15 is 0 Å². The van der Waals surface area contributed by atoms with Gasteiger partial charge in [0.2, 0.25) is 0 Å². The van der Waals surface area contributed by atoms with Crippen molar-refractivity contribution in [2.45, 2.75) is 13.1 Å². The van der Waals surface area contributed by atoms with E-state index < -0.39 is 18.6 Å². The van der Waals surface area contributed by atoms with Gasteiger partial charge in [-0.1, -0.05) is 0 Å². The summed E-state index contributed by atoms with van der Waals surface area (Å²) in [5, 5.41) is 1.68. The Labute approximate surface area is 88.8 Å². The maximum Gasteiger partial charge on any atom is 0.405 e. The van der Waals surface area contributed by atoms with E-state index in [4.69, 9.17) is 0 Å². The molecule has 1 heterocycles. The molecule has 4 nitrogen and oxygen atoms in total. The van der Waals surface area contributed by atoms with Gasteiger partial charge in [0.1, 0.15) is 12.2 Å². The van der Waals surface area contributed by atoms with Crippen LogP contribution in [0, 0.1) is 0 Å². The first-order chi connectivity index (χ1) is 7.29. The quantitative estimate of drug-likeness (QED) is 0.778. The van der Waals surface area contributed by atoms with Crippen molar-refractivity contribution in [3.05, 3.63) is 23.5 Å². The molecule has 0 fully saturated rings. The molecule has 0 saturated heterocycles. The first-order valence-corrected chi connectivity index (χ1v) is 4.34. The zero-order valence-electron chi connectivity index (χ0n) is 8.31. The Balaban J connectivity index is 2.63. The molecule has 0 saturated carbocycles. The third-order valence-electron chi connectivity index (χ3n) is 1.78. The summed E-state index contributed by atoms with van der Waals surface area (Å²) < 4.78 is 35.4. The van der Waals surface area contributed by atoms with Gasteiger partial charge in [0.15, 0.2) is 5.78 Å². The zero-order valence-corrected chi connectivity index (χ0v) is 8.31. The van der Waals surface area contributed by atoms with Crippen LogP contribution in [0.5, 0.6) is 0 Å². The fourth-order valence-corrected chi connectivity index (χ4v) is 1.00. The van der Waals surface area contributed by atoms with E-state index in [-0.39, 0.29) is 17.0 Å². The summed E-state index contributed by atoms with van der Waals surface area (Å²) in [6, 6.07) is 1.20. The van der Waals surface area contributed by atoms with E-state index in [0.717, 1.165) is 0 Å². The van der Waals surface area contributed by atoms with Gasteiger partial charge in [0.05, 0.1) is 0 Å². The van der Waals surface area contributed by atoms with Crippen LogP contribution in [0.1, 0.15) is 27.8 Å². The third kappa shape index (κ3) is 3.41. The third-order valence-corrected chi connectivity index (χ3v) is 1.78. The molecule has 0 aliphatic heterocycles. The van der Waals surface area contributed by atoms with E-state index in [1.54, 1.807) is 5.32 Å². The molecule has 0 aliphatic carbocycles. The van der Waals surface area contributed by atoms with Gasteiger partial charge in [-0.15, -0.1) is 0 Å². The number of rotatable bonds is 3. The molecule has 0 bridgehead atoms. The summed E-state index contributed by atoms with van der Waals surface area (Å²) in [4.78, 5) is 24.5. The van der Waals surface area contributed by atoms with Gasteiger partial charge in [0, 0.05) is 11.8 Å².